The van der Waals surface area contributed by atoms with E-state index in [1.165, 1.54) is 5.57 Å². The molecule has 0 saturated carbocycles. The van der Waals surface area contributed by atoms with E-state index in [-0.39, 0.29) is 18.5 Å². The van der Waals surface area contributed by atoms with Crippen molar-refractivity contribution in [2.75, 3.05) is 26.1 Å². The monoisotopic (exact) mass is 420 g/mol. The van der Waals surface area contributed by atoms with Crippen LogP contribution in [0.4, 0.5) is 0 Å². The van der Waals surface area contributed by atoms with Crippen molar-refractivity contribution in [3.05, 3.63) is 45.5 Å². The summed E-state index contributed by atoms with van der Waals surface area (Å²) in [5.41, 5.74) is 5.98. The van der Waals surface area contributed by atoms with E-state index in [2.05, 4.69) is 13.0 Å². The molecule has 1 N–H and O–H groups in total. The van der Waals surface area contributed by atoms with E-state index in [1.807, 2.05) is 26.0 Å². The molecule has 160 valence electrons. The molecule has 2 aliphatic heterocycles. The van der Waals surface area contributed by atoms with Crippen molar-refractivity contribution in [3.63, 3.8) is 0 Å². The van der Waals surface area contributed by atoms with Gasteiger partial charge in [0.1, 0.15) is 11.0 Å². The Morgan fingerprint density at radius 1 is 1.28 bits per heavy atom. The first-order valence-corrected chi connectivity index (χ1v) is 12.0. The lowest BCUT2D eigenvalue weighted by Crippen LogP contribution is -2.19. The zero-order chi connectivity index (χ0) is 21.2. The predicted molar refractivity (Wildman–Crippen MR) is 116 cm³/mol. The van der Waals surface area contributed by atoms with Crippen molar-refractivity contribution < 1.29 is 23.0 Å². The molecule has 29 heavy (non-hydrogen) atoms. The number of fused-ring (bicyclic) bond motifs is 1. The first-order chi connectivity index (χ1) is 13.8. The largest absolute Gasteiger partial charge is 0.507 e. The number of hydrogen-bond donors (Lipinski definition) is 1. The van der Waals surface area contributed by atoms with Crippen LogP contribution in [0.5, 0.6) is 5.75 Å². The van der Waals surface area contributed by atoms with Crippen molar-refractivity contribution >= 4 is 15.9 Å². The van der Waals surface area contributed by atoms with E-state index in [0.29, 0.717) is 12.4 Å². The smallest absolute Gasteiger partial charge is 0.163 e. The Hall–Kier alpha value is -1.63. The third kappa shape index (κ3) is 4.76. The van der Waals surface area contributed by atoms with Gasteiger partial charge in [0.15, 0.2) is 9.84 Å². The van der Waals surface area contributed by atoms with E-state index < -0.39 is 15.1 Å². The summed E-state index contributed by atoms with van der Waals surface area (Å²) in [4.78, 5) is 0. The number of hydrogen-bond acceptors (Lipinski definition) is 5. The van der Waals surface area contributed by atoms with Crippen LogP contribution in [0.25, 0.3) is 6.08 Å². The average Bonchev–Trinajstić information content (AvgIpc) is 3.18. The van der Waals surface area contributed by atoms with Gasteiger partial charge in [-0.2, -0.15) is 0 Å². The predicted octanol–water partition coefficient (Wildman–Crippen LogP) is 4.11. The van der Waals surface area contributed by atoms with E-state index in [1.54, 1.807) is 7.11 Å². The molecule has 1 fully saturated rings. The number of aromatic hydroxyl groups is 1. The van der Waals surface area contributed by atoms with Gasteiger partial charge in [-0.05, 0) is 73.1 Å². The molecule has 0 bridgehead atoms. The Morgan fingerprint density at radius 3 is 2.59 bits per heavy atom. The summed E-state index contributed by atoms with van der Waals surface area (Å²) in [5.74, 6) is 0.453. The Bertz CT molecular complexity index is 904. The molecule has 0 aromatic heterocycles. The molecule has 0 spiro atoms. The molecule has 1 aromatic rings. The molecule has 2 heterocycles. The number of ether oxygens (including phenoxy) is 2. The molecule has 0 radical (unpaired) electrons. The molecule has 1 saturated heterocycles. The Kier molecular flexibility index (Phi) is 6.87. The van der Waals surface area contributed by atoms with Crippen molar-refractivity contribution in [2.45, 2.75) is 57.8 Å². The maximum atomic E-state index is 12.4. The first kappa shape index (κ1) is 22.1. The molecule has 2 atom stereocenters. The highest BCUT2D eigenvalue weighted by atomic mass is 32.2. The van der Waals surface area contributed by atoms with Crippen LogP contribution in [0, 0.1) is 13.8 Å². The van der Waals surface area contributed by atoms with E-state index >= 15 is 0 Å². The molecule has 5 nitrogen and oxygen atoms in total. The van der Waals surface area contributed by atoms with Crippen LogP contribution in [0.3, 0.4) is 0 Å². The maximum Gasteiger partial charge on any atom is 0.163 e. The zero-order valence-corrected chi connectivity index (χ0v) is 18.6. The summed E-state index contributed by atoms with van der Waals surface area (Å²) < 4.78 is 36.0. The number of methoxy groups -OCH3 is 1. The normalized spacial score (nSPS) is 23.7. The minimum absolute atomic E-state index is 0.102. The molecule has 0 aliphatic carbocycles. The van der Waals surface area contributed by atoms with Gasteiger partial charge in [-0.1, -0.05) is 25.0 Å². The molecule has 3 rings (SSSR count). The molecule has 0 unspecified atom stereocenters. The van der Waals surface area contributed by atoms with Gasteiger partial charge < -0.3 is 14.6 Å². The fourth-order valence-corrected chi connectivity index (χ4v) is 6.45. The van der Waals surface area contributed by atoms with Crippen molar-refractivity contribution in [2.24, 2.45) is 0 Å². The van der Waals surface area contributed by atoms with Crippen LogP contribution in [0.15, 0.2) is 28.9 Å². The van der Waals surface area contributed by atoms with E-state index in [0.717, 1.165) is 53.5 Å². The van der Waals surface area contributed by atoms with E-state index in [9.17, 15) is 13.5 Å². The number of phenolic OH excluding ortho intramolecular Hbond substituents is 1. The van der Waals surface area contributed by atoms with Crippen LogP contribution in [0.1, 0.15) is 49.3 Å². The highest BCUT2D eigenvalue weighted by Crippen LogP contribution is 2.39. The summed E-state index contributed by atoms with van der Waals surface area (Å²) in [6, 6.07) is 4.01. The molecule has 2 aliphatic rings. The second-order valence-electron chi connectivity index (χ2n) is 8.20. The second kappa shape index (κ2) is 9.02. The van der Waals surface area contributed by atoms with Crippen LogP contribution >= 0.6 is 0 Å². The van der Waals surface area contributed by atoms with Crippen LogP contribution in [-0.2, 0) is 19.3 Å². The van der Waals surface area contributed by atoms with Gasteiger partial charge in [-0.25, -0.2) is 8.42 Å². The summed E-state index contributed by atoms with van der Waals surface area (Å²) in [7, 11) is -1.56. The highest BCUT2D eigenvalue weighted by Gasteiger charge is 2.46. The minimum atomic E-state index is -3.16. The van der Waals surface area contributed by atoms with Gasteiger partial charge in [0.2, 0.25) is 0 Å². The van der Waals surface area contributed by atoms with Crippen LogP contribution in [0.2, 0.25) is 0 Å². The lowest BCUT2D eigenvalue weighted by molar-refractivity contribution is 0.116. The third-order valence-electron chi connectivity index (χ3n) is 5.86. The van der Waals surface area contributed by atoms with Gasteiger partial charge in [-0.3, -0.25) is 0 Å². The van der Waals surface area contributed by atoms with Crippen LogP contribution < -0.4 is 0 Å². The number of benzene rings is 1. The number of sulfone groups is 1. The Labute approximate surface area is 174 Å². The average molecular weight is 421 g/mol. The van der Waals surface area contributed by atoms with Gasteiger partial charge in [0.25, 0.3) is 0 Å². The van der Waals surface area contributed by atoms with E-state index in [4.69, 9.17) is 9.47 Å². The molecular formula is C23H32O5S. The van der Waals surface area contributed by atoms with Crippen molar-refractivity contribution in [1.82, 2.24) is 0 Å². The number of phenols is 1. The fourth-order valence-electron chi connectivity index (χ4n) is 4.52. The van der Waals surface area contributed by atoms with Gasteiger partial charge in [0.05, 0.1) is 25.1 Å². The Morgan fingerprint density at radius 2 is 1.97 bits per heavy atom. The number of aryl methyl sites for hydroxylation is 2. The van der Waals surface area contributed by atoms with Crippen molar-refractivity contribution in [1.29, 1.82) is 0 Å². The van der Waals surface area contributed by atoms with Gasteiger partial charge in [-0.15, -0.1) is 0 Å². The van der Waals surface area contributed by atoms with Crippen LogP contribution in [-0.4, -0.2) is 51.0 Å². The second-order valence-corrected chi connectivity index (χ2v) is 10.4. The molecule has 1 aromatic carbocycles. The lowest BCUT2D eigenvalue weighted by atomic mass is 9.94. The summed E-state index contributed by atoms with van der Waals surface area (Å²) >= 11 is 0. The summed E-state index contributed by atoms with van der Waals surface area (Å²) in [6.45, 7) is 6.60. The first-order valence-electron chi connectivity index (χ1n) is 10.3. The maximum absolute atomic E-state index is 12.4. The lowest BCUT2D eigenvalue weighted by Gasteiger charge is -2.15. The molecule has 0 amide bonds. The number of allylic oxidation sites excluding steroid dienone is 1. The number of rotatable bonds is 8. The topological polar surface area (TPSA) is 72.8 Å². The van der Waals surface area contributed by atoms with Crippen molar-refractivity contribution in [3.8, 4) is 5.75 Å². The fraction of sp³-hybridized carbons (Fsp3) is 0.565. The Balaban J connectivity index is 1.78. The highest BCUT2D eigenvalue weighted by molar-refractivity contribution is 7.92. The SMILES string of the molecule is CCC/C(=C\c1cc(C)c(O)c(C)c1)CC[C@H]1OC[C@H]2C1=C(COC)CS2(=O)=O. The quantitative estimate of drug-likeness (QED) is 0.641. The summed E-state index contributed by atoms with van der Waals surface area (Å²) in [5, 5.41) is 9.52. The zero-order valence-electron chi connectivity index (χ0n) is 17.8. The van der Waals surface area contributed by atoms with Gasteiger partial charge >= 0.3 is 0 Å². The summed E-state index contributed by atoms with van der Waals surface area (Å²) in [6.07, 6.45) is 5.71. The van der Waals surface area contributed by atoms with Gasteiger partial charge in [0, 0.05) is 7.11 Å². The molecular weight excluding hydrogens is 388 g/mol. The minimum Gasteiger partial charge on any atom is -0.507 e. The third-order valence-corrected chi connectivity index (χ3v) is 7.87. The standard InChI is InChI=1S/C23H32O5S/c1-5-6-17(11-18-9-15(2)23(24)16(3)10-18)7-8-20-22-19(12-27-4)14-29(25,26)21(22)13-28-20/h9-11,20-21,24H,5-8,12-14H2,1-4H3/b17-11+/t20-,21+/m1/s1. The molecule has 6 heteroatoms.